The van der Waals surface area contributed by atoms with E-state index in [1.54, 1.807) is 30.6 Å². The number of hydrogen-bond donors (Lipinski definition) is 5. The number of aldehydes is 1. The molecule has 18 rings (SSSR count). The lowest BCUT2D eigenvalue weighted by atomic mass is 10.1. The molecule has 7 N–H and O–H groups in total. The number of carbonyl (C=O) groups excluding carboxylic acids is 3. The van der Waals surface area contributed by atoms with Crippen LogP contribution >= 0.6 is 45.8 Å². The first-order valence-electron chi connectivity index (χ1n) is 35.4. The zero-order valence-corrected chi connectivity index (χ0v) is 65.6. The number of nitrogens with zero attached hydrogens (tertiary/aromatic N) is 8. The number of H-pyrrole nitrogens is 1. The first-order valence-corrected chi connectivity index (χ1v) is 37.2. The first-order chi connectivity index (χ1) is 54.2. The molecule has 576 valence electrons. The summed E-state index contributed by atoms with van der Waals surface area (Å²) in [5.41, 5.74) is 18.2. The van der Waals surface area contributed by atoms with Crippen LogP contribution in [0.4, 0.5) is 45.5 Å². The number of fused-ring (bicyclic) bond motifs is 9. The van der Waals surface area contributed by atoms with E-state index in [0.29, 0.717) is 21.7 Å². The number of nitrogen functional groups attached to an aromatic ring is 2. The minimum atomic E-state index is -4.64. The first kappa shape index (κ1) is 82.1. The molecule has 0 atom stereocenters. The number of aromatic amines is 1. The van der Waals surface area contributed by atoms with E-state index < -0.39 is 35.9 Å². The van der Waals surface area contributed by atoms with E-state index in [-0.39, 0.29) is 7.43 Å². The summed E-state index contributed by atoms with van der Waals surface area (Å²) in [7, 11) is 0. The summed E-state index contributed by atoms with van der Waals surface area (Å²) < 4.78 is 49.4. The Kier molecular flexibility index (Phi) is 26.3. The molecule has 18 aromatic rings. The quantitative estimate of drug-likeness (QED) is 0.0468. The molecule has 9 heterocycles. The van der Waals surface area contributed by atoms with Gasteiger partial charge in [0.25, 0.3) is 0 Å². The molecule has 0 aliphatic heterocycles. The SMILES string of the molecule is C.CC(C)(C)OC(=O)Nc1cccc2cnc(-n3ccc4ccccc43)cc12.CC(C)(C)OC(=O)Nc1cccc2cnc(Cl)cc12.Ic1cccc2cnc(-n3ccc4ccccc43)cc12.Nc1cccc2cnc(-n3ccc4ccccc43)cc12.Nc1cccc2cnc(Cl)cc12.O=CC(F)(F)F.c1ccc2[nH]ccc2c1. The second-order valence-corrected chi connectivity index (χ2v) is 29.4. The molecular formula is C90H79Cl2F3IN13O5. The summed E-state index contributed by atoms with van der Waals surface area (Å²) in [5.74, 6) is 2.64. The highest BCUT2D eigenvalue weighted by Crippen LogP contribution is 2.32. The van der Waals surface area contributed by atoms with Crippen LogP contribution in [0.5, 0.6) is 0 Å². The minimum Gasteiger partial charge on any atom is -0.444 e. The molecular weight excluding hydrogens is 1600 g/mol. The molecule has 0 aliphatic rings. The molecule has 0 spiro atoms. The van der Waals surface area contributed by atoms with Crippen LogP contribution in [0.3, 0.4) is 0 Å². The van der Waals surface area contributed by atoms with Gasteiger partial charge in [-0.05, 0) is 195 Å². The Balaban J connectivity index is 0.000000136. The van der Waals surface area contributed by atoms with Crippen LogP contribution in [0.25, 0.3) is 115 Å². The van der Waals surface area contributed by atoms with Gasteiger partial charge in [-0.1, -0.05) is 164 Å². The summed E-state index contributed by atoms with van der Waals surface area (Å²) >= 11 is 14.0. The average molecular weight is 1680 g/mol. The van der Waals surface area contributed by atoms with Crippen LogP contribution in [0.15, 0.2) is 298 Å². The molecule has 114 heavy (non-hydrogen) atoms. The topological polar surface area (TPSA) is 241 Å². The standard InChI is InChI=1S/C22H21N3O2.C17H11IN2.C17H13N3.C14H15ClN2O2.C9H7ClN2.C8H7N.C2HF3O.CH4/c1-22(2,3)27-21(26)24-18-9-6-8-16-14-23-20(13-17(16)18)25-12-11-15-7-4-5-10-19(15)25;2*18-15-6-3-5-13-11-19-17(10-14(13)15)20-9-8-12-4-1-2-7-16(12)20;1-14(2,3)19-13(18)17-11-6-4-5-9-8-16-12(15)7-10(9)11;10-9-4-7-6(5-12-9)2-1-3-8(7)11;1-2-4-8-7(3-1)5-6-9-8;3-2(4,5)1-6;/h4-14H,1-3H3,(H,24,26);1-11H;1-11H,18H2;4-8H,1-3H3,(H,17,18);1-5H,11H2;1-6,9H;1H;1H4. The molecule has 0 aliphatic carbocycles. The van der Waals surface area contributed by atoms with Gasteiger partial charge in [0.2, 0.25) is 6.29 Å². The summed E-state index contributed by atoms with van der Waals surface area (Å²) in [6.45, 7) is 11.0. The number of pyridine rings is 5. The highest BCUT2D eigenvalue weighted by atomic mass is 127. The number of benzene rings is 9. The Bertz CT molecular complexity index is 6250. The van der Waals surface area contributed by atoms with Gasteiger partial charge < -0.3 is 39.6 Å². The summed E-state index contributed by atoms with van der Waals surface area (Å²) in [4.78, 5) is 57.5. The second-order valence-electron chi connectivity index (χ2n) is 27.5. The van der Waals surface area contributed by atoms with Crippen LogP contribution in [-0.2, 0) is 14.3 Å². The molecule has 0 unspecified atom stereocenters. The fourth-order valence-electron chi connectivity index (χ4n) is 12.1. The van der Waals surface area contributed by atoms with Crippen molar-refractivity contribution in [3.05, 3.63) is 312 Å². The molecule has 9 aromatic carbocycles. The van der Waals surface area contributed by atoms with Crippen molar-refractivity contribution >= 4 is 184 Å². The van der Waals surface area contributed by atoms with Gasteiger partial charge >= 0.3 is 18.4 Å². The zero-order valence-electron chi connectivity index (χ0n) is 61.9. The van der Waals surface area contributed by atoms with E-state index in [9.17, 15) is 22.8 Å². The van der Waals surface area contributed by atoms with E-state index in [1.807, 2.05) is 199 Å². The van der Waals surface area contributed by atoms with Gasteiger partial charge in [0.15, 0.2) is 0 Å². The Hall–Kier alpha value is -12.9. The van der Waals surface area contributed by atoms with Crippen LogP contribution < -0.4 is 22.1 Å². The number of nitrogens with one attached hydrogen (secondary N) is 3. The number of alkyl halides is 3. The van der Waals surface area contributed by atoms with Gasteiger partial charge in [0.1, 0.15) is 39.0 Å². The molecule has 9 aromatic heterocycles. The van der Waals surface area contributed by atoms with Crippen molar-refractivity contribution in [2.24, 2.45) is 0 Å². The maximum atomic E-state index is 12.2. The highest BCUT2D eigenvalue weighted by molar-refractivity contribution is 14.1. The molecule has 2 amide bonds. The number of rotatable bonds is 5. The minimum absolute atomic E-state index is 0. The summed E-state index contributed by atoms with van der Waals surface area (Å²) in [5, 5.41) is 21.4. The smallest absolute Gasteiger partial charge is 0.444 e. The van der Waals surface area contributed by atoms with Crippen LogP contribution in [0, 0.1) is 3.57 Å². The number of carbonyl (C=O) groups is 3. The predicted molar refractivity (Wildman–Crippen MR) is 468 cm³/mol. The number of nitrogens with two attached hydrogens (primary N) is 2. The third-order valence-electron chi connectivity index (χ3n) is 17.1. The molecule has 0 radical (unpaired) electrons. The van der Waals surface area contributed by atoms with E-state index in [1.165, 1.54) is 41.5 Å². The van der Waals surface area contributed by atoms with Crippen molar-refractivity contribution < 1.29 is 37.0 Å². The monoisotopic (exact) mass is 1680 g/mol. The normalized spacial score (nSPS) is 11.1. The van der Waals surface area contributed by atoms with Crippen molar-refractivity contribution in [3.63, 3.8) is 0 Å². The Labute approximate surface area is 678 Å². The highest BCUT2D eigenvalue weighted by Gasteiger charge is 2.25. The van der Waals surface area contributed by atoms with Gasteiger partial charge in [-0.2, -0.15) is 13.2 Å². The van der Waals surface area contributed by atoms with Gasteiger partial charge in [0.05, 0.1) is 27.9 Å². The van der Waals surface area contributed by atoms with Gasteiger partial charge in [-0.3, -0.25) is 15.4 Å². The largest absolute Gasteiger partial charge is 0.446 e. The number of para-hydroxylation sites is 4. The van der Waals surface area contributed by atoms with Gasteiger partial charge in [-0.25, -0.2) is 34.5 Å². The van der Waals surface area contributed by atoms with Gasteiger partial charge in [-0.15, -0.1) is 0 Å². The lowest BCUT2D eigenvalue weighted by molar-refractivity contribution is -0.156. The lowest BCUT2D eigenvalue weighted by Gasteiger charge is -2.20. The molecule has 0 bridgehead atoms. The lowest BCUT2D eigenvalue weighted by Crippen LogP contribution is -2.27. The van der Waals surface area contributed by atoms with Crippen molar-refractivity contribution in [1.29, 1.82) is 0 Å². The van der Waals surface area contributed by atoms with Gasteiger partial charge in [0, 0.05) is 130 Å². The number of aromatic nitrogens is 9. The molecule has 24 heteroatoms. The van der Waals surface area contributed by atoms with Crippen LogP contribution in [-0.4, -0.2) is 79.5 Å². The second kappa shape index (κ2) is 36.5. The maximum Gasteiger partial charge on any atom is 0.446 e. The van der Waals surface area contributed by atoms with Crippen molar-refractivity contribution in [2.45, 2.75) is 66.3 Å². The maximum absolute atomic E-state index is 12.2. The van der Waals surface area contributed by atoms with Crippen molar-refractivity contribution in [2.75, 3.05) is 22.1 Å². The Morgan fingerprint density at radius 1 is 0.421 bits per heavy atom. The van der Waals surface area contributed by atoms with Crippen LogP contribution in [0.2, 0.25) is 10.3 Å². The number of amides is 2. The fourth-order valence-corrected chi connectivity index (χ4v) is 13.0. The number of anilines is 4. The third-order valence-corrected chi connectivity index (χ3v) is 18.5. The number of halogens is 6. The third kappa shape index (κ3) is 21.2. The molecule has 18 nitrogen and oxygen atoms in total. The van der Waals surface area contributed by atoms with Crippen molar-refractivity contribution in [1.82, 2.24) is 43.6 Å². The number of hydrogen-bond acceptors (Lipinski definition) is 12. The summed E-state index contributed by atoms with van der Waals surface area (Å²) in [6, 6.07) is 80.1. The van der Waals surface area contributed by atoms with E-state index in [4.69, 9.17) is 48.9 Å². The van der Waals surface area contributed by atoms with E-state index in [0.717, 1.165) is 88.3 Å². The van der Waals surface area contributed by atoms with Crippen molar-refractivity contribution in [3.8, 4) is 17.5 Å². The molecule has 0 saturated heterocycles. The predicted octanol–water partition coefficient (Wildman–Crippen LogP) is 24.3. The Morgan fingerprint density at radius 2 is 0.746 bits per heavy atom. The van der Waals surface area contributed by atoms with Crippen LogP contribution in [0.1, 0.15) is 49.0 Å². The van der Waals surface area contributed by atoms with E-state index >= 15 is 0 Å². The fraction of sp³-hybridized carbons (Fsp3) is 0.111. The zero-order chi connectivity index (χ0) is 80.0. The van der Waals surface area contributed by atoms with E-state index in [2.05, 4.69) is 188 Å². The molecule has 0 fully saturated rings. The Morgan fingerprint density at radius 3 is 1.17 bits per heavy atom. The summed E-state index contributed by atoms with van der Waals surface area (Å²) in [6.07, 6.45) is 10.4. The number of ether oxygens (including phenoxy) is 2. The molecule has 0 saturated carbocycles. The average Bonchev–Trinajstić information content (AvgIpc) is 1.76.